The molecule has 1 aromatic rings. The highest BCUT2D eigenvalue weighted by molar-refractivity contribution is 5.53. The molecule has 1 saturated carbocycles. The summed E-state index contributed by atoms with van der Waals surface area (Å²) in [7, 11) is 4.99. The highest BCUT2D eigenvalue weighted by Gasteiger charge is 2.36. The van der Waals surface area contributed by atoms with Crippen molar-refractivity contribution in [1.29, 1.82) is 0 Å². The SMILES string of the molecule is COc1cc(CN2CCN(C[C@@H]3C[C@@H]4C=C[C@H]3C4)CC2)cc(OC)c1OC. The number of allylic oxidation sites excluding steroid dienone is 2. The Labute approximate surface area is 162 Å². The average molecular weight is 373 g/mol. The highest BCUT2D eigenvalue weighted by Crippen LogP contribution is 2.43. The van der Waals surface area contributed by atoms with Gasteiger partial charge in [0.2, 0.25) is 5.75 Å². The average Bonchev–Trinajstić information content (AvgIpc) is 3.32. The van der Waals surface area contributed by atoms with Crippen LogP contribution >= 0.6 is 0 Å². The van der Waals surface area contributed by atoms with Crippen LogP contribution in [-0.4, -0.2) is 63.9 Å². The van der Waals surface area contributed by atoms with Gasteiger partial charge in [-0.25, -0.2) is 0 Å². The van der Waals surface area contributed by atoms with E-state index in [1.54, 1.807) is 21.3 Å². The van der Waals surface area contributed by atoms with Crippen LogP contribution in [0.2, 0.25) is 0 Å². The molecule has 3 atom stereocenters. The summed E-state index contributed by atoms with van der Waals surface area (Å²) in [5, 5.41) is 0. The standard InChI is InChI=1S/C22H32N2O3/c1-25-20-12-17(13-21(26-2)22(20)27-3)14-23-6-8-24(9-7-23)15-19-11-16-4-5-18(19)10-16/h4-5,12-13,16,18-19H,6-11,14-15H2,1-3H3/t16-,18+,19+/m1/s1. The topological polar surface area (TPSA) is 34.2 Å². The Morgan fingerprint density at radius 1 is 0.852 bits per heavy atom. The van der Waals surface area contributed by atoms with Crippen LogP contribution in [0.3, 0.4) is 0 Å². The summed E-state index contributed by atoms with van der Waals surface area (Å²) in [5.41, 5.74) is 1.20. The molecule has 0 N–H and O–H groups in total. The molecule has 27 heavy (non-hydrogen) atoms. The lowest BCUT2D eigenvalue weighted by Gasteiger charge is -2.37. The molecule has 0 unspecified atom stereocenters. The zero-order valence-corrected chi connectivity index (χ0v) is 16.8. The van der Waals surface area contributed by atoms with Crippen molar-refractivity contribution in [2.24, 2.45) is 17.8 Å². The van der Waals surface area contributed by atoms with E-state index >= 15 is 0 Å². The van der Waals surface area contributed by atoms with E-state index in [1.807, 2.05) is 0 Å². The van der Waals surface area contributed by atoms with Crippen molar-refractivity contribution in [3.8, 4) is 17.2 Å². The van der Waals surface area contributed by atoms with E-state index in [1.165, 1.54) is 38.0 Å². The first kappa shape index (κ1) is 18.6. The highest BCUT2D eigenvalue weighted by atomic mass is 16.5. The minimum atomic E-state index is 0.661. The lowest BCUT2D eigenvalue weighted by molar-refractivity contribution is 0.108. The number of ether oxygens (including phenoxy) is 3. The van der Waals surface area contributed by atoms with Crippen LogP contribution < -0.4 is 14.2 Å². The second-order valence-corrected chi connectivity index (χ2v) is 8.15. The van der Waals surface area contributed by atoms with Gasteiger partial charge in [-0.3, -0.25) is 4.90 Å². The third-order valence-electron chi connectivity index (χ3n) is 6.50. The molecule has 0 amide bonds. The van der Waals surface area contributed by atoms with Gasteiger partial charge in [-0.15, -0.1) is 0 Å². The predicted molar refractivity (Wildman–Crippen MR) is 107 cm³/mol. The van der Waals surface area contributed by atoms with E-state index in [-0.39, 0.29) is 0 Å². The van der Waals surface area contributed by atoms with E-state index in [0.717, 1.165) is 48.9 Å². The molecule has 1 aromatic carbocycles. The Morgan fingerprint density at radius 3 is 2.04 bits per heavy atom. The molecule has 0 aromatic heterocycles. The quantitative estimate of drug-likeness (QED) is 0.687. The summed E-state index contributed by atoms with van der Waals surface area (Å²) in [6.07, 6.45) is 7.73. The van der Waals surface area contributed by atoms with E-state index in [9.17, 15) is 0 Å². The summed E-state index contributed by atoms with van der Waals surface area (Å²) in [6.45, 7) is 6.77. The van der Waals surface area contributed by atoms with Gasteiger partial charge >= 0.3 is 0 Å². The molecular weight excluding hydrogens is 340 g/mol. The first-order chi connectivity index (χ1) is 13.2. The van der Waals surface area contributed by atoms with Gasteiger partial charge in [-0.1, -0.05) is 12.2 Å². The molecular formula is C22H32N2O3. The molecule has 2 aliphatic carbocycles. The van der Waals surface area contributed by atoms with Gasteiger partial charge in [0, 0.05) is 39.3 Å². The second-order valence-electron chi connectivity index (χ2n) is 8.15. The molecule has 0 spiro atoms. The van der Waals surface area contributed by atoms with Crippen molar-refractivity contribution in [3.05, 3.63) is 29.8 Å². The molecule has 3 aliphatic rings. The van der Waals surface area contributed by atoms with Gasteiger partial charge in [0.15, 0.2) is 11.5 Å². The molecule has 2 fully saturated rings. The summed E-state index contributed by atoms with van der Waals surface area (Å²) >= 11 is 0. The first-order valence-corrected chi connectivity index (χ1v) is 10.1. The molecule has 5 nitrogen and oxygen atoms in total. The molecule has 4 rings (SSSR count). The number of hydrogen-bond acceptors (Lipinski definition) is 5. The van der Waals surface area contributed by atoms with Gasteiger partial charge in [-0.05, 0) is 48.3 Å². The Morgan fingerprint density at radius 2 is 1.52 bits per heavy atom. The van der Waals surface area contributed by atoms with Crippen molar-refractivity contribution >= 4 is 0 Å². The molecule has 148 valence electrons. The third-order valence-corrected chi connectivity index (χ3v) is 6.50. The number of piperazine rings is 1. The number of methoxy groups -OCH3 is 3. The zero-order chi connectivity index (χ0) is 18.8. The predicted octanol–water partition coefficient (Wildman–Crippen LogP) is 3.04. The molecule has 1 saturated heterocycles. The molecule has 1 aliphatic heterocycles. The fourth-order valence-electron chi connectivity index (χ4n) is 5.05. The fourth-order valence-corrected chi connectivity index (χ4v) is 5.05. The van der Waals surface area contributed by atoms with Crippen LogP contribution in [0.5, 0.6) is 17.2 Å². The summed E-state index contributed by atoms with van der Waals surface area (Å²) in [5.74, 6) is 4.74. The van der Waals surface area contributed by atoms with Crippen LogP contribution in [-0.2, 0) is 6.54 Å². The number of hydrogen-bond donors (Lipinski definition) is 0. The number of benzene rings is 1. The van der Waals surface area contributed by atoms with Crippen molar-refractivity contribution < 1.29 is 14.2 Å². The minimum absolute atomic E-state index is 0.661. The van der Waals surface area contributed by atoms with Crippen LogP contribution in [0.1, 0.15) is 18.4 Å². The summed E-state index contributed by atoms with van der Waals surface area (Å²) in [4.78, 5) is 5.20. The maximum absolute atomic E-state index is 5.49. The molecule has 2 bridgehead atoms. The van der Waals surface area contributed by atoms with E-state index in [4.69, 9.17) is 14.2 Å². The lowest BCUT2D eigenvalue weighted by Crippen LogP contribution is -2.47. The maximum Gasteiger partial charge on any atom is 0.203 e. The number of rotatable bonds is 7. The van der Waals surface area contributed by atoms with Crippen LogP contribution in [0, 0.1) is 17.8 Å². The Hall–Kier alpha value is -1.72. The lowest BCUT2D eigenvalue weighted by atomic mass is 9.93. The first-order valence-electron chi connectivity index (χ1n) is 10.1. The summed E-state index contributed by atoms with van der Waals surface area (Å²) in [6, 6.07) is 4.13. The minimum Gasteiger partial charge on any atom is -0.493 e. The Kier molecular flexibility index (Phi) is 5.60. The smallest absolute Gasteiger partial charge is 0.203 e. The number of nitrogens with zero attached hydrogens (tertiary/aromatic N) is 2. The van der Waals surface area contributed by atoms with Gasteiger partial charge in [0.05, 0.1) is 21.3 Å². The third kappa shape index (κ3) is 3.94. The van der Waals surface area contributed by atoms with E-state index in [0.29, 0.717) is 5.75 Å². The maximum atomic E-state index is 5.49. The van der Waals surface area contributed by atoms with Crippen molar-refractivity contribution in [2.75, 3.05) is 54.1 Å². The zero-order valence-electron chi connectivity index (χ0n) is 16.8. The number of fused-ring (bicyclic) bond motifs is 2. The van der Waals surface area contributed by atoms with E-state index < -0.39 is 0 Å². The van der Waals surface area contributed by atoms with Crippen molar-refractivity contribution in [1.82, 2.24) is 9.80 Å². The second kappa shape index (κ2) is 8.11. The van der Waals surface area contributed by atoms with Gasteiger partial charge in [0.25, 0.3) is 0 Å². The largest absolute Gasteiger partial charge is 0.493 e. The van der Waals surface area contributed by atoms with Crippen LogP contribution in [0.4, 0.5) is 0 Å². The Balaban J connectivity index is 1.32. The fraction of sp³-hybridized carbons (Fsp3) is 0.636. The van der Waals surface area contributed by atoms with Crippen molar-refractivity contribution in [3.63, 3.8) is 0 Å². The summed E-state index contributed by atoms with van der Waals surface area (Å²) < 4.78 is 16.4. The van der Waals surface area contributed by atoms with E-state index in [2.05, 4.69) is 34.1 Å². The van der Waals surface area contributed by atoms with Crippen LogP contribution in [0.15, 0.2) is 24.3 Å². The molecule has 0 radical (unpaired) electrons. The van der Waals surface area contributed by atoms with Crippen LogP contribution in [0.25, 0.3) is 0 Å². The molecule has 1 heterocycles. The monoisotopic (exact) mass is 372 g/mol. The molecule has 5 heteroatoms. The van der Waals surface area contributed by atoms with Gasteiger partial charge < -0.3 is 19.1 Å². The normalized spacial score (nSPS) is 27.9. The Bertz CT molecular complexity index is 657. The van der Waals surface area contributed by atoms with Gasteiger partial charge in [0.1, 0.15) is 0 Å². The van der Waals surface area contributed by atoms with Crippen molar-refractivity contribution in [2.45, 2.75) is 19.4 Å². The van der Waals surface area contributed by atoms with Gasteiger partial charge in [-0.2, -0.15) is 0 Å².